The lowest BCUT2D eigenvalue weighted by molar-refractivity contribution is 0.591. The number of rotatable bonds is 0. The quantitative estimate of drug-likeness (QED) is 0.684. The van der Waals surface area contributed by atoms with Crippen LogP contribution in [0.4, 0.5) is 0 Å². The molecule has 1 aliphatic rings. The van der Waals surface area contributed by atoms with Crippen LogP contribution in [0.3, 0.4) is 0 Å². The Hall–Kier alpha value is -1.54. The molecule has 14 heavy (non-hydrogen) atoms. The number of nitrogens with two attached hydrogens (primary N) is 1. The Morgan fingerprint density at radius 3 is 3.07 bits per heavy atom. The van der Waals surface area contributed by atoms with Gasteiger partial charge in [-0.15, -0.1) is 0 Å². The summed E-state index contributed by atoms with van der Waals surface area (Å²) in [6.07, 6.45) is 4.84. The Kier molecular flexibility index (Phi) is 1.52. The first-order chi connectivity index (χ1) is 6.84. The molecule has 2 aromatic rings. The lowest BCUT2D eigenvalue weighted by Crippen LogP contribution is -2.21. The fourth-order valence-electron chi connectivity index (χ4n) is 1.98. The van der Waals surface area contributed by atoms with Crippen LogP contribution >= 0.6 is 0 Å². The van der Waals surface area contributed by atoms with Crippen molar-refractivity contribution in [2.45, 2.75) is 12.5 Å². The van der Waals surface area contributed by atoms with E-state index in [4.69, 9.17) is 10.2 Å². The Labute approximate surface area is 82.0 Å². The zero-order chi connectivity index (χ0) is 9.54. The summed E-state index contributed by atoms with van der Waals surface area (Å²) < 4.78 is 5.70. The summed E-state index contributed by atoms with van der Waals surface area (Å²) in [4.78, 5) is 0. The van der Waals surface area contributed by atoms with E-state index in [1.165, 1.54) is 10.9 Å². The van der Waals surface area contributed by atoms with Crippen molar-refractivity contribution < 1.29 is 4.42 Å². The molecule has 1 aliphatic carbocycles. The van der Waals surface area contributed by atoms with Crippen molar-refractivity contribution in [2.24, 2.45) is 5.73 Å². The molecule has 0 amide bonds. The van der Waals surface area contributed by atoms with Gasteiger partial charge in [0.2, 0.25) is 0 Å². The molecule has 0 radical (unpaired) electrons. The van der Waals surface area contributed by atoms with Crippen molar-refractivity contribution in [3.8, 4) is 0 Å². The van der Waals surface area contributed by atoms with Crippen LogP contribution in [0.15, 0.2) is 34.8 Å². The van der Waals surface area contributed by atoms with Crippen molar-refractivity contribution in [2.75, 3.05) is 0 Å². The molecule has 0 bridgehead atoms. The average molecular weight is 185 g/mol. The van der Waals surface area contributed by atoms with Gasteiger partial charge >= 0.3 is 0 Å². The second kappa shape index (κ2) is 2.72. The van der Waals surface area contributed by atoms with E-state index in [2.05, 4.69) is 6.07 Å². The van der Waals surface area contributed by atoms with E-state index in [1.54, 1.807) is 0 Å². The number of hydrogen-bond donors (Lipinski definition) is 1. The van der Waals surface area contributed by atoms with E-state index >= 15 is 0 Å². The third-order valence-corrected chi connectivity index (χ3v) is 2.66. The first kappa shape index (κ1) is 7.83. The van der Waals surface area contributed by atoms with E-state index in [-0.39, 0.29) is 6.04 Å². The topological polar surface area (TPSA) is 39.2 Å². The zero-order valence-electron chi connectivity index (χ0n) is 7.73. The van der Waals surface area contributed by atoms with Crippen LogP contribution < -0.4 is 5.73 Å². The highest BCUT2D eigenvalue weighted by Gasteiger charge is 2.17. The maximum atomic E-state index is 5.87. The Morgan fingerprint density at radius 2 is 2.14 bits per heavy atom. The molecule has 0 aliphatic heterocycles. The van der Waals surface area contributed by atoms with E-state index < -0.39 is 0 Å². The maximum absolute atomic E-state index is 5.87. The van der Waals surface area contributed by atoms with Crippen molar-refractivity contribution in [3.05, 3.63) is 41.7 Å². The molecule has 0 fully saturated rings. The molecule has 2 nitrogen and oxygen atoms in total. The van der Waals surface area contributed by atoms with Crippen molar-refractivity contribution in [3.63, 3.8) is 0 Å². The van der Waals surface area contributed by atoms with Crippen molar-refractivity contribution >= 4 is 17.0 Å². The fraction of sp³-hybridized carbons (Fsp3) is 0.167. The second-order valence-electron chi connectivity index (χ2n) is 3.67. The molecule has 1 aromatic carbocycles. The van der Waals surface area contributed by atoms with Crippen LogP contribution in [0, 0.1) is 0 Å². The lowest BCUT2D eigenvalue weighted by atomic mass is 9.98. The average Bonchev–Trinajstić information content (AvgIpc) is 2.56. The molecule has 2 heteroatoms. The molecule has 2 N–H and O–H groups in total. The summed E-state index contributed by atoms with van der Waals surface area (Å²) >= 11 is 0. The Morgan fingerprint density at radius 1 is 1.29 bits per heavy atom. The van der Waals surface area contributed by atoms with E-state index in [0.717, 1.165) is 17.8 Å². The van der Waals surface area contributed by atoms with E-state index in [9.17, 15) is 0 Å². The first-order valence-electron chi connectivity index (χ1n) is 4.79. The minimum atomic E-state index is 0.128. The van der Waals surface area contributed by atoms with Crippen molar-refractivity contribution in [1.29, 1.82) is 0 Å². The molecular formula is C12H11NO. The number of benzene rings is 1. The summed E-state index contributed by atoms with van der Waals surface area (Å²) in [5.41, 5.74) is 8.07. The van der Waals surface area contributed by atoms with Gasteiger partial charge in [0, 0.05) is 17.0 Å². The Balaban J connectivity index is 2.32. The van der Waals surface area contributed by atoms with Gasteiger partial charge in [-0.05, 0) is 18.6 Å². The van der Waals surface area contributed by atoms with Gasteiger partial charge in [-0.2, -0.15) is 0 Å². The highest BCUT2D eigenvalue weighted by molar-refractivity contribution is 5.85. The zero-order valence-corrected chi connectivity index (χ0v) is 7.73. The molecule has 1 aromatic heterocycles. The highest BCUT2D eigenvalue weighted by Crippen LogP contribution is 2.30. The third-order valence-electron chi connectivity index (χ3n) is 2.66. The largest absolute Gasteiger partial charge is 0.456 e. The molecule has 1 atom stereocenters. The third kappa shape index (κ3) is 1.01. The summed E-state index contributed by atoms with van der Waals surface area (Å²) in [5.74, 6) is 0.966. The maximum Gasteiger partial charge on any atom is 0.135 e. The molecule has 0 saturated heterocycles. The van der Waals surface area contributed by atoms with Crippen LogP contribution in [0.2, 0.25) is 0 Å². The van der Waals surface area contributed by atoms with Gasteiger partial charge in [0.25, 0.3) is 0 Å². The minimum absolute atomic E-state index is 0.128. The number of para-hydroxylation sites is 1. The monoisotopic (exact) mass is 185 g/mol. The Bertz CT molecular complexity index is 510. The van der Waals surface area contributed by atoms with Gasteiger partial charge in [0.1, 0.15) is 11.3 Å². The van der Waals surface area contributed by atoms with Crippen LogP contribution in [0.5, 0.6) is 0 Å². The van der Waals surface area contributed by atoms with Gasteiger partial charge in [0.15, 0.2) is 0 Å². The number of hydrogen-bond acceptors (Lipinski definition) is 2. The molecular weight excluding hydrogens is 174 g/mol. The van der Waals surface area contributed by atoms with Crippen LogP contribution in [-0.4, -0.2) is 6.04 Å². The van der Waals surface area contributed by atoms with Crippen LogP contribution in [0.25, 0.3) is 17.0 Å². The van der Waals surface area contributed by atoms with E-state index in [0.29, 0.717) is 0 Å². The standard InChI is InChI=1S/C12H11NO/c13-8-5-6-12-10(7-8)9-3-1-2-4-11(9)14-12/h1-6,8H,7,13H2. The summed E-state index contributed by atoms with van der Waals surface area (Å²) in [5, 5.41) is 1.20. The molecule has 1 unspecified atom stereocenters. The second-order valence-corrected chi connectivity index (χ2v) is 3.67. The lowest BCUT2D eigenvalue weighted by Gasteiger charge is -2.10. The fourth-order valence-corrected chi connectivity index (χ4v) is 1.98. The number of fused-ring (bicyclic) bond motifs is 3. The van der Waals surface area contributed by atoms with Gasteiger partial charge < -0.3 is 10.2 Å². The number of furan rings is 1. The predicted molar refractivity (Wildman–Crippen MR) is 56.9 cm³/mol. The smallest absolute Gasteiger partial charge is 0.135 e. The van der Waals surface area contributed by atoms with Crippen LogP contribution in [-0.2, 0) is 6.42 Å². The normalized spacial score (nSPS) is 19.9. The van der Waals surface area contributed by atoms with Gasteiger partial charge in [-0.3, -0.25) is 0 Å². The van der Waals surface area contributed by atoms with Crippen LogP contribution in [0.1, 0.15) is 11.3 Å². The summed E-state index contributed by atoms with van der Waals surface area (Å²) in [6.45, 7) is 0. The SMILES string of the molecule is NC1C=Cc2oc3ccccc3c2C1. The van der Waals surface area contributed by atoms with Gasteiger partial charge in [-0.1, -0.05) is 24.3 Å². The molecule has 3 rings (SSSR count). The summed E-state index contributed by atoms with van der Waals surface area (Å²) in [6, 6.07) is 8.22. The predicted octanol–water partition coefficient (Wildman–Crippen LogP) is 2.33. The molecule has 0 spiro atoms. The molecule has 1 heterocycles. The van der Waals surface area contributed by atoms with Gasteiger partial charge in [-0.25, -0.2) is 0 Å². The molecule has 70 valence electrons. The molecule has 0 saturated carbocycles. The minimum Gasteiger partial charge on any atom is -0.456 e. The van der Waals surface area contributed by atoms with Crippen molar-refractivity contribution in [1.82, 2.24) is 0 Å². The van der Waals surface area contributed by atoms with Gasteiger partial charge in [0.05, 0.1) is 0 Å². The highest BCUT2D eigenvalue weighted by atomic mass is 16.3. The first-order valence-corrected chi connectivity index (χ1v) is 4.79. The summed E-state index contributed by atoms with van der Waals surface area (Å²) in [7, 11) is 0. The van der Waals surface area contributed by atoms with E-state index in [1.807, 2.05) is 30.4 Å².